The number of benzene rings is 3. The predicted molar refractivity (Wildman–Crippen MR) is 118 cm³/mol. The Labute approximate surface area is 171 Å². The number of aryl methyl sites for hydroxylation is 2. The molecule has 0 amide bonds. The fourth-order valence-corrected chi connectivity index (χ4v) is 3.14. The van der Waals surface area contributed by atoms with Crippen LogP contribution >= 0.6 is 0 Å². The summed E-state index contributed by atoms with van der Waals surface area (Å²) >= 11 is 0. The molecule has 1 heterocycles. The van der Waals surface area contributed by atoms with Gasteiger partial charge < -0.3 is 0 Å². The molecule has 3 aromatic carbocycles. The van der Waals surface area contributed by atoms with Gasteiger partial charge in [0, 0.05) is 22.9 Å². The number of rotatable bonds is 5. The van der Waals surface area contributed by atoms with Crippen LogP contribution in [0.15, 0.2) is 91.1 Å². The first-order chi connectivity index (χ1) is 14.1. The number of para-hydroxylation sites is 1. The summed E-state index contributed by atoms with van der Waals surface area (Å²) in [5, 5.41) is 4.80. The fourth-order valence-electron chi connectivity index (χ4n) is 3.14. The molecule has 0 unspecified atom stereocenters. The summed E-state index contributed by atoms with van der Waals surface area (Å²) in [6.45, 7) is 4.07. The van der Waals surface area contributed by atoms with E-state index in [0.717, 1.165) is 28.1 Å². The van der Waals surface area contributed by atoms with Crippen molar-refractivity contribution in [3.63, 3.8) is 0 Å². The number of allylic oxidation sites excluding steroid dienone is 1. The van der Waals surface area contributed by atoms with E-state index in [1.165, 1.54) is 5.56 Å². The Bertz CT molecular complexity index is 1150. The SMILES string of the molecule is Cc1ccc(C(=O)/C=C/c2cn(-c3ccccc3)nc2-c2ccc(C)cc2)cc1. The monoisotopic (exact) mass is 378 g/mol. The summed E-state index contributed by atoms with van der Waals surface area (Å²) in [6, 6.07) is 25.9. The molecule has 29 heavy (non-hydrogen) atoms. The van der Waals surface area contributed by atoms with Crippen LogP contribution in [0, 0.1) is 13.8 Å². The molecule has 0 radical (unpaired) electrons. The van der Waals surface area contributed by atoms with Crippen LogP contribution < -0.4 is 0 Å². The second kappa shape index (κ2) is 8.11. The van der Waals surface area contributed by atoms with E-state index in [-0.39, 0.29) is 5.78 Å². The largest absolute Gasteiger partial charge is 0.289 e. The van der Waals surface area contributed by atoms with Crippen LogP contribution in [0.25, 0.3) is 23.0 Å². The molecule has 0 aliphatic carbocycles. The molecule has 0 aliphatic heterocycles. The highest BCUT2D eigenvalue weighted by Gasteiger charge is 2.11. The molecule has 1 aromatic heterocycles. The van der Waals surface area contributed by atoms with Gasteiger partial charge in [-0.15, -0.1) is 0 Å². The minimum atomic E-state index is -0.0210. The third-order valence-corrected chi connectivity index (χ3v) is 4.84. The van der Waals surface area contributed by atoms with Crippen LogP contribution in [0.4, 0.5) is 0 Å². The first kappa shape index (κ1) is 18.6. The van der Waals surface area contributed by atoms with Gasteiger partial charge in [0.15, 0.2) is 5.78 Å². The van der Waals surface area contributed by atoms with E-state index >= 15 is 0 Å². The van der Waals surface area contributed by atoms with Crippen molar-refractivity contribution in [3.8, 4) is 16.9 Å². The predicted octanol–water partition coefficient (Wildman–Crippen LogP) is 6.05. The van der Waals surface area contributed by atoms with E-state index in [4.69, 9.17) is 5.10 Å². The molecule has 0 bridgehead atoms. The van der Waals surface area contributed by atoms with Crippen LogP contribution in [-0.4, -0.2) is 15.6 Å². The van der Waals surface area contributed by atoms with Gasteiger partial charge in [-0.25, -0.2) is 4.68 Å². The Kier molecular flexibility index (Phi) is 5.21. The Morgan fingerprint density at radius 2 is 1.45 bits per heavy atom. The maximum absolute atomic E-state index is 12.6. The lowest BCUT2D eigenvalue weighted by Gasteiger charge is -2.01. The highest BCUT2D eigenvalue weighted by molar-refractivity contribution is 6.07. The molecule has 4 aromatic rings. The van der Waals surface area contributed by atoms with Crippen LogP contribution in [0.3, 0.4) is 0 Å². The van der Waals surface area contributed by atoms with Gasteiger partial charge in [-0.1, -0.05) is 77.9 Å². The van der Waals surface area contributed by atoms with Crippen molar-refractivity contribution in [2.75, 3.05) is 0 Å². The molecule has 0 spiro atoms. The topological polar surface area (TPSA) is 34.9 Å². The molecule has 0 saturated carbocycles. The van der Waals surface area contributed by atoms with E-state index in [9.17, 15) is 4.79 Å². The van der Waals surface area contributed by atoms with Crippen molar-refractivity contribution in [1.29, 1.82) is 0 Å². The lowest BCUT2D eigenvalue weighted by Crippen LogP contribution is -1.93. The third-order valence-electron chi connectivity index (χ3n) is 4.84. The highest BCUT2D eigenvalue weighted by atomic mass is 16.1. The lowest BCUT2D eigenvalue weighted by molar-refractivity contribution is 0.104. The standard InChI is InChI=1S/C26H22N2O/c1-19-8-12-21(13-9-19)25(29)17-16-23-18-28(24-6-4-3-5-7-24)27-26(23)22-14-10-20(2)11-15-22/h3-18H,1-2H3/b17-16+. The van der Waals surface area contributed by atoms with Crippen molar-refractivity contribution in [3.05, 3.63) is 113 Å². The van der Waals surface area contributed by atoms with Gasteiger partial charge in [0.1, 0.15) is 0 Å². The number of hydrogen-bond acceptors (Lipinski definition) is 2. The zero-order valence-corrected chi connectivity index (χ0v) is 16.5. The van der Waals surface area contributed by atoms with Crippen LogP contribution in [-0.2, 0) is 0 Å². The van der Waals surface area contributed by atoms with Gasteiger partial charge in [-0.05, 0) is 38.1 Å². The molecular weight excluding hydrogens is 356 g/mol. The first-order valence-electron chi connectivity index (χ1n) is 9.61. The van der Waals surface area contributed by atoms with E-state index in [0.29, 0.717) is 5.56 Å². The average molecular weight is 378 g/mol. The smallest absolute Gasteiger partial charge is 0.185 e. The molecular formula is C26H22N2O. The van der Waals surface area contributed by atoms with Gasteiger partial charge >= 0.3 is 0 Å². The normalized spacial score (nSPS) is 11.1. The minimum absolute atomic E-state index is 0.0210. The molecule has 4 rings (SSSR count). The number of nitrogens with zero attached hydrogens (tertiary/aromatic N) is 2. The molecule has 3 nitrogen and oxygen atoms in total. The zero-order valence-electron chi connectivity index (χ0n) is 16.5. The fraction of sp³-hybridized carbons (Fsp3) is 0.0769. The van der Waals surface area contributed by atoms with E-state index in [2.05, 4.69) is 31.2 Å². The van der Waals surface area contributed by atoms with Gasteiger partial charge in [0.2, 0.25) is 0 Å². The number of ketones is 1. The van der Waals surface area contributed by atoms with Crippen LogP contribution in [0.1, 0.15) is 27.0 Å². The molecule has 3 heteroatoms. The summed E-state index contributed by atoms with van der Waals surface area (Å²) in [4.78, 5) is 12.6. The highest BCUT2D eigenvalue weighted by Crippen LogP contribution is 2.25. The van der Waals surface area contributed by atoms with Crippen molar-refractivity contribution in [2.45, 2.75) is 13.8 Å². The van der Waals surface area contributed by atoms with Crippen molar-refractivity contribution in [1.82, 2.24) is 9.78 Å². The van der Waals surface area contributed by atoms with Crippen molar-refractivity contribution < 1.29 is 4.79 Å². The second-order valence-electron chi connectivity index (χ2n) is 7.14. The molecule has 0 N–H and O–H groups in total. The summed E-state index contributed by atoms with van der Waals surface area (Å²) in [5.74, 6) is -0.0210. The van der Waals surface area contributed by atoms with E-state index in [1.807, 2.05) is 78.5 Å². The molecule has 0 aliphatic rings. The van der Waals surface area contributed by atoms with E-state index < -0.39 is 0 Å². The molecule has 0 atom stereocenters. The van der Waals surface area contributed by atoms with Crippen LogP contribution in [0.5, 0.6) is 0 Å². The Morgan fingerprint density at radius 1 is 0.828 bits per heavy atom. The van der Waals surface area contributed by atoms with E-state index in [1.54, 1.807) is 6.08 Å². The summed E-state index contributed by atoms with van der Waals surface area (Å²) in [6.07, 6.45) is 5.43. The number of hydrogen-bond donors (Lipinski definition) is 0. The molecule has 0 saturated heterocycles. The minimum Gasteiger partial charge on any atom is -0.289 e. The summed E-state index contributed by atoms with van der Waals surface area (Å²) in [5.41, 5.74) is 6.76. The van der Waals surface area contributed by atoms with Gasteiger partial charge in [0.05, 0.1) is 11.4 Å². The Morgan fingerprint density at radius 3 is 2.10 bits per heavy atom. The van der Waals surface area contributed by atoms with Gasteiger partial charge in [-0.3, -0.25) is 4.79 Å². The third kappa shape index (κ3) is 4.25. The average Bonchev–Trinajstić information content (AvgIpc) is 3.18. The van der Waals surface area contributed by atoms with Gasteiger partial charge in [-0.2, -0.15) is 5.10 Å². The summed E-state index contributed by atoms with van der Waals surface area (Å²) < 4.78 is 1.85. The molecule has 142 valence electrons. The van der Waals surface area contributed by atoms with Crippen molar-refractivity contribution in [2.24, 2.45) is 0 Å². The van der Waals surface area contributed by atoms with Crippen molar-refractivity contribution >= 4 is 11.9 Å². The van der Waals surface area contributed by atoms with Gasteiger partial charge in [0.25, 0.3) is 0 Å². The second-order valence-corrected chi connectivity index (χ2v) is 7.14. The maximum Gasteiger partial charge on any atom is 0.185 e. The van der Waals surface area contributed by atoms with Crippen LogP contribution in [0.2, 0.25) is 0 Å². The first-order valence-corrected chi connectivity index (χ1v) is 9.61. The number of carbonyl (C=O) groups excluding carboxylic acids is 1. The molecule has 0 fully saturated rings. The Balaban J connectivity index is 1.72. The lowest BCUT2D eigenvalue weighted by atomic mass is 10.0. The Hall–Kier alpha value is -3.72. The summed E-state index contributed by atoms with van der Waals surface area (Å²) in [7, 11) is 0. The maximum atomic E-state index is 12.6. The zero-order chi connectivity index (χ0) is 20.2. The quantitative estimate of drug-likeness (QED) is 0.313. The number of carbonyl (C=O) groups is 1. The number of aromatic nitrogens is 2.